The van der Waals surface area contributed by atoms with E-state index in [-0.39, 0.29) is 12.5 Å². The summed E-state index contributed by atoms with van der Waals surface area (Å²) in [5.74, 6) is -0.0681. The normalized spacial score (nSPS) is 10.1. The highest BCUT2D eigenvalue weighted by molar-refractivity contribution is 6.30. The molecule has 0 aromatic heterocycles. The van der Waals surface area contributed by atoms with Crippen LogP contribution in [0, 0.1) is 6.92 Å². The van der Waals surface area contributed by atoms with Crippen molar-refractivity contribution < 1.29 is 9.53 Å². The number of hydrogen-bond donors (Lipinski definition) is 2. The number of carbonyl (C=O) groups is 1. The Morgan fingerprint density at radius 2 is 2.24 bits per heavy atom. The Morgan fingerprint density at radius 3 is 2.94 bits per heavy atom. The highest BCUT2D eigenvalue weighted by Crippen LogP contribution is 2.19. The van der Waals surface area contributed by atoms with Gasteiger partial charge >= 0.3 is 0 Å². The standard InChI is InChI=1S/C12H17ClN2O2/c1-9-3-4-10(13)7-11(9)15-8-12(16)14-5-6-17-2/h3-4,7,15H,5-6,8H2,1-2H3,(H,14,16). The largest absolute Gasteiger partial charge is 0.383 e. The predicted molar refractivity (Wildman–Crippen MR) is 69.6 cm³/mol. The molecular weight excluding hydrogens is 240 g/mol. The molecule has 0 aliphatic rings. The van der Waals surface area contributed by atoms with E-state index in [1.54, 1.807) is 13.2 Å². The Bertz CT molecular complexity index is 383. The summed E-state index contributed by atoms with van der Waals surface area (Å²) in [7, 11) is 1.60. The zero-order valence-corrected chi connectivity index (χ0v) is 10.8. The predicted octanol–water partition coefficient (Wildman–Crippen LogP) is 1.82. The second-order valence-corrected chi connectivity index (χ2v) is 4.09. The maximum Gasteiger partial charge on any atom is 0.239 e. The van der Waals surface area contributed by atoms with E-state index in [0.717, 1.165) is 11.3 Å². The fraction of sp³-hybridized carbons (Fsp3) is 0.417. The smallest absolute Gasteiger partial charge is 0.239 e. The highest BCUT2D eigenvalue weighted by Gasteiger charge is 2.03. The number of ether oxygens (including phenoxy) is 1. The van der Waals surface area contributed by atoms with Gasteiger partial charge < -0.3 is 15.4 Å². The summed E-state index contributed by atoms with van der Waals surface area (Å²) in [6, 6.07) is 5.54. The third-order valence-electron chi connectivity index (χ3n) is 2.27. The lowest BCUT2D eigenvalue weighted by Crippen LogP contribution is -2.32. The van der Waals surface area contributed by atoms with Gasteiger partial charge in [-0.2, -0.15) is 0 Å². The number of carbonyl (C=O) groups excluding carboxylic acids is 1. The molecule has 0 aliphatic carbocycles. The first kappa shape index (κ1) is 13.8. The van der Waals surface area contributed by atoms with Crippen molar-refractivity contribution in [2.75, 3.05) is 32.1 Å². The van der Waals surface area contributed by atoms with Crippen molar-refractivity contribution in [3.63, 3.8) is 0 Å². The molecule has 0 heterocycles. The van der Waals surface area contributed by atoms with Crippen LogP contribution in [-0.2, 0) is 9.53 Å². The highest BCUT2D eigenvalue weighted by atomic mass is 35.5. The number of aryl methyl sites for hydroxylation is 1. The van der Waals surface area contributed by atoms with Crippen LogP contribution < -0.4 is 10.6 Å². The summed E-state index contributed by atoms with van der Waals surface area (Å²) in [6.45, 7) is 3.22. The van der Waals surface area contributed by atoms with Crippen LogP contribution in [0.15, 0.2) is 18.2 Å². The topological polar surface area (TPSA) is 50.4 Å². The van der Waals surface area contributed by atoms with Gasteiger partial charge in [0.15, 0.2) is 0 Å². The van der Waals surface area contributed by atoms with Crippen LogP contribution >= 0.6 is 11.6 Å². The molecule has 0 atom stereocenters. The second-order valence-electron chi connectivity index (χ2n) is 3.66. The average molecular weight is 257 g/mol. The number of amides is 1. The van der Waals surface area contributed by atoms with Crippen LogP contribution in [0.5, 0.6) is 0 Å². The van der Waals surface area contributed by atoms with Crippen molar-refractivity contribution in [1.29, 1.82) is 0 Å². The quantitative estimate of drug-likeness (QED) is 0.764. The van der Waals surface area contributed by atoms with Gasteiger partial charge in [0.25, 0.3) is 0 Å². The first-order valence-corrected chi connectivity index (χ1v) is 5.77. The van der Waals surface area contributed by atoms with Gasteiger partial charge in [0.1, 0.15) is 0 Å². The van der Waals surface area contributed by atoms with Gasteiger partial charge in [-0.25, -0.2) is 0 Å². The third-order valence-corrected chi connectivity index (χ3v) is 2.50. The number of benzene rings is 1. The van der Waals surface area contributed by atoms with E-state index in [1.807, 2.05) is 19.1 Å². The summed E-state index contributed by atoms with van der Waals surface area (Å²) < 4.78 is 4.84. The van der Waals surface area contributed by atoms with Crippen molar-refractivity contribution in [2.24, 2.45) is 0 Å². The molecule has 0 radical (unpaired) electrons. The minimum absolute atomic E-state index is 0.0681. The lowest BCUT2D eigenvalue weighted by atomic mass is 10.2. The molecule has 0 unspecified atom stereocenters. The molecule has 0 spiro atoms. The Morgan fingerprint density at radius 1 is 1.47 bits per heavy atom. The number of methoxy groups -OCH3 is 1. The van der Waals surface area contributed by atoms with Crippen molar-refractivity contribution in [3.05, 3.63) is 28.8 Å². The van der Waals surface area contributed by atoms with Gasteiger partial charge in [0, 0.05) is 24.4 Å². The van der Waals surface area contributed by atoms with E-state index < -0.39 is 0 Å². The maximum atomic E-state index is 11.4. The Balaban J connectivity index is 2.39. The van der Waals surface area contributed by atoms with Crippen LogP contribution in [-0.4, -0.2) is 32.7 Å². The number of anilines is 1. The number of hydrogen-bond acceptors (Lipinski definition) is 3. The van der Waals surface area contributed by atoms with Crippen LogP contribution in [0.25, 0.3) is 0 Å². The molecule has 0 fully saturated rings. The van der Waals surface area contributed by atoms with Gasteiger partial charge in [-0.1, -0.05) is 17.7 Å². The molecule has 1 aromatic rings. The Hall–Kier alpha value is -1.26. The molecule has 0 saturated carbocycles. The summed E-state index contributed by atoms with van der Waals surface area (Å²) >= 11 is 5.88. The minimum Gasteiger partial charge on any atom is -0.383 e. The van der Waals surface area contributed by atoms with Gasteiger partial charge in [0.2, 0.25) is 5.91 Å². The zero-order valence-electron chi connectivity index (χ0n) is 10.0. The first-order chi connectivity index (χ1) is 8.13. The van der Waals surface area contributed by atoms with E-state index in [0.29, 0.717) is 18.2 Å². The summed E-state index contributed by atoms with van der Waals surface area (Å²) in [5, 5.41) is 6.42. The molecule has 17 heavy (non-hydrogen) atoms. The molecule has 1 rings (SSSR count). The molecule has 2 N–H and O–H groups in total. The monoisotopic (exact) mass is 256 g/mol. The SMILES string of the molecule is COCCNC(=O)CNc1cc(Cl)ccc1C. The van der Waals surface area contributed by atoms with Crippen molar-refractivity contribution in [1.82, 2.24) is 5.32 Å². The average Bonchev–Trinajstić information content (AvgIpc) is 2.31. The van der Waals surface area contributed by atoms with Crippen LogP contribution in [0.4, 0.5) is 5.69 Å². The van der Waals surface area contributed by atoms with Crippen molar-refractivity contribution in [2.45, 2.75) is 6.92 Å². The molecule has 0 saturated heterocycles. The molecule has 5 heteroatoms. The van der Waals surface area contributed by atoms with Crippen molar-refractivity contribution in [3.8, 4) is 0 Å². The molecule has 1 aromatic carbocycles. The number of halogens is 1. The van der Waals surface area contributed by atoms with E-state index in [9.17, 15) is 4.79 Å². The molecule has 0 aliphatic heterocycles. The van der Waals surface area contributed by atoms with E-state index >= 15 is 0 Å². The lowest BCUT2D eigenvalue weighted by molar-refractivity contribution is -0.119. The van der Waals surface area contributed by atoms with E-state index in [4.69, 9.17) is 16.3 Å². The zero-order chi connectivity index (χ0) is 12.7. The second kappa shape index (κ2) is 7.14. The summed E-state index contributed by atoms with van der Waals surface area (Å²) in [4.78, 5) is 11.4. The van der Waals surface area contributed by atoms with Gasteiger partial charge in [-0.15, -0.1) is 0 Å². The minimum atomic E-state index is -0.0681. The lowest BCUT2D eigenvalue weighted by Gasteiger charge is -2.10. The fourth-order valence-electron chi connectivity index (χ4n) is 1.32. The first-order valence-electron chi connectivity index (χ1n) is 5.39. The van der Waals surface area contributed by atoms with Gasteiger partial charge in [-0.3, -0.25) is 4.79 Å². The number of nitrogens with one attached hydrogen (secondary N) is 2. The van der Waals surface area contributed by atoms with Crippen LogP contribution in [0.2, 0.25) is 5.02 Å². The Kier molecular flexibility index (Phi) is 5.80. The van der Waals surface area contributed by atoms with E-state index in [2.05, 4.69) is 10.6 Å². The number of rotatable bonds is 6. The molecule has 94 valence electrons. The maximum absolute atomic E-state index is 11.4. The van der Waals surface area contributed by atoms with Gasteiger partial charge in [-0.05, 0) is 24.6 Å². The summed E-state index contributed by atoms with van der Waals surface area (Å²) in [5.41, 5.74) is 1.93. The third kappa shape index (κ3) is 5.06. The fourth-order valence-corrected chi connectivity index (χ4v) is 1.49. The van der Waals surface area contributed by atoms with Gasteiger partial charge in [0.05, 0.1) is 13.2 Å². The van der Waals surface area contributed by atoms with E-state index in [1.165, 1.54) is 0 Å². The molecule has 4 nitrogen and oxygen atoms in total. The van der Waals surface area contributed by atoms with Crippen LogP contribution in [0.3, 0.4) is 0 Å². The summed E-state index contributed by atoms with van der Waals surface area (Å²) in [6.07, 6.45) is 0. The molecule has 0 bridgehead atoms. The molecule has 1 amide bonds. The molecular formula is C12H17ClN2O2. The van der Waals surface area contributed by atoms with Crippen LogP contribution in [0.1, 0.15) is 5.56 Å². The van der Waals surface area contributed by atoms with Crippen molar-refractivity contribution >= 4 is 23.2 Å². The Labute approximate surface area is 106 Å².